The predicted molar refractivity (Wildman–Crippen MR) is 80.6 cm³/mol. The van der Waals surface area contributed by atoms with Crippen molar-refractivity contribution in [3.05, 3.63) is 63.3 Å². The van der Waals surface area contributed by atoms with Crippen LogP contribution in [0.25, 0.3) is 0 Å². The first-order chi connectivity index (χ1) is 8.69. The zero-order valence-corrected chi connectivity index (χ0v) is 12.7. The lowest BCUT2D eigenvalue weighted by molar-refractivity contribution is 0.763. The second-order valence-electron chi connectivity index (χ2n) is 4.12. The molecule has 0 spiro atoms. The van der Waals surface area contributed by atoms with Crippen LogP contribution in [-0.4, -0.2) is 10.9 Å². The van der Waals surface area contributed by atoms with Gasteiger partial charge >= 0.3 is 0 Å². The van der Waals surface area contributed by atoms with Crippen molar-refractivity contribution in [1.29, 1.82) is 0 Å². The maximum Gasteiger partial charge on any atom is 0.0410 e. The molecule has 0 radical (unpaired) electrons. The fourth-order valence-corrected chi connectivity index (χ4v) is 2.67. The highest BCUT2D eigenvalue weighted by molar-refractivity contribution is 9.10. The molecule has 0 saturated carbocycles. The van der Waals surface area contributed by atoms with Crippen molar-refractivity contribution < 1.29 is 0 Å². The topological polar surface area (TPSA) is 12.9 Å². The van der Waals surface area contributed by atoms with E-state index in [0.717, 1.165) is 15.9 Å². The number of benzene rings is 1. The van der Waals surface area contributed by atoms with Crippen molar-refractivity contribution in [2.24, 2.45) is 0 Å². The molecule has 0 aliphatic rings. The predicted octanol–water partition coefficient (Wildman–Crippen LogP) is 5.06. The molecule has 1 aromatic heterocycles. The summed E-state index contributed by atoms with van der Waals surface area (Å²) in [6.07, 6.45) is 4.53. The summed E-state index contributed by atoms with van der Waals surface area (Å²) in [5, 5.41) is 0.746. The molecule has 0 aliphatic carbocycles. The Balaban J connectivity index is 2.17. The van der Waals surface area contributed by atoms with Crippen LogP contribution in [0.5, 0.6) is 0 Å². The molecule has 2 aromatic rings. The zero-order chi connectivity index (χ0) is 13.0. The fourth-order valence-electron chi connectivity index (χ4n) is 1.85. The maximum atomic E-state index is 6.07. The Hall–Kier alpha value is -0.570. The standard InChI is InChI=1S/C14H12BrCl2N/c15-13-6-10(8-18-9-13)5-12(7-16)11-1-3-14(17)4-2-11/h1-4,6,8-9,12H,5,7H2. The van der Waals surface area contributed by atoms with E-state index in [2.05, 4.69) is 27.0 Å². The molecule has 1 unspecified atom stereocenters. The van der Waals surface area contributed by atoms with Crippen molar-refractivity contribution in [3.63, 3.8) is 0 Å². The molecule has 0 fully saturated rings. The lowest BCUT2D eigenvalue weighted by Gasteiger charge is -2.14. The Bertz CT molecular complexity index is 513. The van der Waals surface area contributed by atoms with Crippen LogP contribution in [0.2, 0.25) is 5.02 Å². The van der Waals surface area contributed by atoms with Crippen LogP contribution in [0.4, 0.5) is 0 Å². The minimum Gasteiger partial charge on any atom is -0.263 e. The van der Waals surface area contributed by atoms with Crippen molar-refractivity contribution in [3.8, 4) is 0 Å². The Morgan fingerprint density at radius 1 is 1.17 bits per heavy atom. The molecule has 0 N–H and O–H groups in total. The number of halogens is 3. The van der Waals surface area contributed by atoms with E-state index in [1.54, 1.807) is 6.20 Å². The lowest BCUT2D eigenvalue weighted by Crippen LogP contribution is -2.05. The van der Waals surface area contributed by atoms with Crippen LogP contribution >= 0.6 is 39.1 Å². The Morgan fingerprint density at radius 3 is 2.50 bits per heavy atom. The van der Waals surface area contributed by atoms with Crippen LogP contribution in [-0.2, 0) is 6.42 Å². The Kier molecular flexibility index (Phi) is 5.04. The third-order valence-corrected chi connectivity index (χ3v) is 3.83. The summed E-state index contributed by atoms with van der Waals surface area (Å²) >= 11 is 15.4. The molecule has 0 amide bonds. The molecule has 1 heterocycles. The number of hydrogen-bond acceptors (Lipinski definition) is 1. The van der Waals surface area contributed by atoms with Crippen LogP contribution in [0.3, 0.4) is 0 Å². The monoisotopic (exact) mass is 343 g/mol. The molecular weight excluding hydrogens is 333 g/mol. The number of alkyl halides is 1. The van der Waals surface area contributed by atoms with E-state index in [4.69, 9.17) is 23.2 Å². The van der Waals surface area contributed by atoms with E-state index in [1.807, 2.05) is 30.5 Å². The molecule has 0 aliphatic heterocycles. The van der Waals surface area contributed by atoms with E-state index < -0.39 is 0 Å². The average Bonchev–Trinajstić information content (AvgIpc) is 2.37. The second-order valence-corrected chi connectivity index (χ2v) is 5.78. The van der Waals surface area contributed by atoms with Crippen molar-refractivity contribution >= 4 is 39.1 Å². The number of rotatable bonds is 4. The van der Waals surface area contributed by atoms with Crippen LogP contribution in [0.1, 0.15) is 17.0 Å². The van der Waals surface area contributed by atoms with Gasteiger partial charge in [0.15, 0.2) is 0 Å². The van der Waals surface area contributed by atoms with Gasteiger partial charge in [-0.3, -0.25) is 4.98 Å². The Labute approximate surface area is 125 Å². The Morgan fingerprint density at radius 2 is 1.89 bits per heavy atom. The van der Waals surface area contributed by atoms with E-state index in [9.17, 15) is 0 Å². The maximum absolute atomic E-state index is 6.07. The molecule has 1 nitrogen and oxygen atoms in total. The lowest BCUT2D eigenvalue weighted by atomic mass is 9.94. The first-order valence-electron chi connectivity index (χ1n) is 5.60. The molecule has 18 heavy (non-hydrogen) atoms. The minimum absolute atomic E-state index is 0.278. The molecular formula is C14H12BrCl2N. The molecule has 2 rings (SSSR count). The summed E-state index contributed by atoms with van der Waals surface area (Å²) in [5.41, 5.74) is 2.37. The summed E-state index contributed by atoms with van der Waals surface area (Å²) in [6.45, 7) is 0. The molecule has 94 valence electrons. The van der Waals surface area contributed by atoms with Gasteiger partial charge < -0.3 is 0 Å². The third kappa shape index (κ3) is 3.71. The number of nitrogens with zero attached hydrogens (tertiary/aromatic N) is 1. The van der Waals surface area contributed by atoms with Gasteiger partial charge in [0.05, 0.1) is 0 Å². The van der Waals surface area contributed by atoms with Gasteiger partial charge in [-0.2, -0.15) is 0 Å². The normalized spacial score (nSPS) is 12.4. The molecule has 1 atom stereocenters. The summed E-state index contributed by atoms with van der Waals surface area (Å²) in [6, 6.07) is 9.93. The van der Waals surface area contributed by atoms with Gasteiger partial charge in [-0.05, 0) is 51.7 Å². The van der Waals surface area contributed by atoms with Gasteiger partial charge in [0, 0.05) is 33.7 Å². The van der Waals surface area contributed by atoms with E-state index in [1.165, 1.54) is 11.1 Å². The van der Waals surface area contributed by atoms with Crippen LogP contribution < -0.4 is 0 Å². The highest BCUT2D eigenvalue weighted by Crippen LogP contribution is 2.24. The molecule has 1 aromatic carbocycles. The quantitative estimate of drug-likeness (QED) is 0.706. The van der Waals surface area contributed by atoms with Gasteiger partial charge in [-0.15, -0.1) is 11.6 Å². The first-order valence-corrected chi connectivity index (χ1v) is 7.30. The van der Waals surface area contributed by atoms with Crippen molar-refractivity contribution in [2.75, 3.05) is 5.88 Å². The van der Waals surface area contributed by atoms with Gasteiger partial charge in [-0.1, -0.05) is 23.7 Å². The van der Waals surface area contributed by atoms with Gasteiger partial charge in [-0.25, -0.2) is 0 Å². The summed E-state index contributed by atoms with van der Waals surface area (Å²) < 4.78 is 0.990. The minimum atomic E-state index is 0.278. The first kappa shape index (κ1) is 13.9. The number of hydrogen-bond donors (Lipinski definition) is 0. The van der Waals surface area contributed by atoms with E-state index in [-0.39, 0.29) is 5.92 Å². The highest BCUT2D eigenvalue weighted by atomic mass is 79.9. The third-order valence-electron chi connectivity index (χ3n) is 2.77. The molecule has 0 saturated heterocycles. The van der Waals surface area contributed by atoms with Gasteiger partial charge in [0.2, 0.25) is 0 Å². The largest absolute Gasteiger partial charge is 0.263 e. The van der Waals surface area contributed by atoms with Gasteiger partial charge in [0.25, 0.3) is 0 Å². The average molecular weight is 345 g/mol. The summed E-state index contributed by atoms with van der Waals surface area (Å²) in [7, 11) is 0. The molecule has 4 heteroatoms. The van der Waals surface area contributed by atoms with Gasteiger partial charge in [0.1, 0.15) is 0 Å². The molecule has 0 bridgehead atoms. The van der Waals surface area contributed by atoms with Crippen molar-refractivity contribution in [2.45, 2.75) is 12.3 Å². The smallest absolute Gasteiger partial charge is 0.0410 e. The van der Waals surface area contributed by atoms with Crippen LogP contribution in [0.15, 0.2) is 47.2 Å². The zero-order valence-electron chi connectivity index (χ0n) is 9.61. The SMILES string of the molecule is ClCC(Cc1cncc(Br)c1)c1ccc(Cl)cc1. The highest BCUT2D eigenvalue weighted by Gasteiger charge is 2.11. The number of aromatic nitrogens is 1. The fraction of sp³-hybridized carbons (Fsp3) is 0.214. The van der Waals surface area contributed by atoms with Crippen LogP contribution in [0, 0.1) is 0 Å². The van der Waals surface area contributed by atoms with Crippen molar-refractivity contribution in [1.82, 2.24) is 4.98 Å². The van der Waals surface area contributed by atoms with E-state index >= 15 is 0 Å². The number of pyridine rings is 1. The second kappa shape index (κ2) is 6.55. The summed E-state index contributed by atoms with van der Waals surface area (Å²) in [4.78, 5) is 4.17. The van der Waals surface area contributed by atoms with E-state index in [0.29, 0.717) is 5.88 Å². The summed E-state index contributed by atoms with van der Waals surface area (Å²) in [5.74, 6) is 0.855.